The second-order valence-electron chi connectivity index (χ2n) is 5.74. The summed E-state index contributed by atoms with van der Waals surface area (Å²) in [5.74, 6) is -0.487. The monoisotopic (exact) mass is 333 g/mol. The minimum absolute atomic E-state index is 0.355. The third-order valence-electron chi connectivity index (χ3n) is 4.03. The van der Waals surface area contributed by atoms with Gasteiger partial charge in [-0.2, -0.15) is 0 Å². The molecule has 6 heteroatoms. The molecule has 0 fully saturated rings. The predicted molar refractivity (Wildman–Crippen MR) is 94.1 cm³/mol. The van der Waals surface area contributed by atoms with Crippen molar-refractivity contribution < 1.29 is 4.79 Å². The lowest BCUT2D eigenvalue weighted by molar-refractivity contribution is -0.125. The number of hydrogen-bond donors (Lipinski definition) is 2. The molecule has 0 bridgehead atoms. The Hall–Kier alpha value is -3.12. The van der Waals surface area contributed by atoms with Crippen molar-refractivity contribution in [3.05, 3.63) is 90.3 Å². The van der Waals surface area contributed by atoms with E-state index in [9.17, 15) is 4.79 Å². The van der Waals surface area contributed by atoms with Crippen LogP contribution >= 0.6 is 0 Å². The molecule has 3 N–H and O–H groups in total. The normalized spacial score (nSPS) is 13.1. The number of carbonyl (C=O) groups excluding carboxylic acids is 1. The molecule has 0 radical (unpaired) electrons. The van der Waals surface area contributed by atoms with Crippen molar-refractivity contribution in [2.45, 2.75) is 18.5 Å². The lowest BCUT2D eigenvalue weighted by Gasteiger charge is -2.31. The molecule has 6 nitrogen and oxygen atoms in total. The fourth-order valence-electron chi connectivity index (χ4n) is 2.72. The molecule has 0 aliphatic carbocycles. The standard InChI is InChI=1S/C19H19N5O/c20-18(25)19(17-7-1-2-10-23-17,11-15-5-3-8-21-12-15)24-14-16-6-4-9-22-13-16/h1-10,12-13,24H,11,14H2,(H2,20,25). The van der Waals surface area contributed by atoms with Gasteiger partial charge in [0.05, 0.1) is 5.69 Å². The summed E-state index contributed by atoms with van der Waals surface area (Å²) in [5.41, 5.74) is 7.13. The fourth-order valence-corrected chi connectivity index (χ4v) is 2.72. The van der Waals surface area contributed by atoms with E-state index in [1.54, 1.807) is 43.1 Å². The summed E-state index contributed by atoms with van der Waals surface area (Å²) >= 11 is 0. The Bertz CT molecular complexity index is 811. The third-order valence-corrected chi connectivity index (χ3v) is 4.03. The van der Waals surface area contributed by atoms with Crippen LogP contribution in [-0.2, 0) is 23.3 Å². The molecule has 3 heterocycles. The van der Waals surface area contributed by atoms with Gasteiger partial charge in [0.15, 0.2) is 0 Å². The smallest absolute Gasteiger partial charge is 0.244 e. The Balaban J connectivity index is 1.97. The summed E-state index contributed by atoms with van der Waals surface area (Å²) in [5, 5.41) is 3.31. The minimum atomic E-state index is -1.14. The molecule has 0 spiro atoms. The van der Waals surface area contributed by atoms with Crippen molar-refractivity contribution in [2.24, 2.45) is 5.73 Å². The van der Waals surface area contributed by atoms with Crippen LogP contribution < -0.4 is 11.1 Å². The average molecular weight is 333 g/mol. The molecule has 0 aromatic carbocycles. The number of primary amides is 1. The summed E-state index contributed by atoms with van der Waals surface area (Å²) in [6.45, 7) is 0.438. The Morgan fingerprint density at radius 1 is 0.960 bits per heavy atom. The SMILES string of the molecule is NC(=O)C(Cc1cccnc1)(NCc1cccnc1)c1ccccn1. The van der Waals surface area contributed by atoms with Gasteiger partial charge in [0.25, 0.3) is 0 Å². The van der Waals surface area contributed by atoms with Crippen molar-refractivity contribution in [1.29, 1.82) is 0 Å². The van der Waals surface area contributed by atoms with Crippen LogP contribution in [0.5, 0.6) is 0 Å². The second kappa shape index (κ2) is 7.63. The summed E-state index contributed by atoms with van der Waals surface area (Å²) in [7, 11) is 0. The minimum Gasteiger partial charge on any atom is -0.368 e. The first-order valence-electron chi connectivity index (χ1n) is 7.95. The van der Waals surface area contributed by atoms with E-state index >= 15 is 0 Å². The zero-order chi connectivity index (χ0) is 17.5. The first-order valence-corrected chi connectivity index (χ1v) is 7.95. The number of nitrogens with two attached hydrogens (primary N) is 1. The summed E-state index contributed by atoms with van der Waals surface area (Å²) < 4.78 is 0. The van der Waals surface area contributed by atoms with Gasteiger partial charge in [-0.25, -0.2) is 0 Å². The number of nitrogens with zero attached hydrogens (tertiary/aromatic N) is 3. The topological polar surface area (TPSA) is 93.8 Å². The van der Waals surface area contributed by atoms with Crippen LogP contribution in [0.3, 0.4) is 0 Å². The van der Waals surface area contributed by atoms with E-state index in [1.807, 2.05) is 30.3 Å². The number of pyridine rings is 3. The Labute approximate surface area is 146 Å². The average Bonchev–Trinajstić information content (AvgIpc) is 2.67. The maximum Gasteiger partial charge on any atom is 0.244 e. The van der Waals surface area contributed by atoms with E-state index in [2.05, 4.69) is 20.3 Å². The number of rotatable bonds is 7. The van der Waals surface area contributed by atoms with E-state index in [0.717, 1.165) is 11.1 Å². The molecule has 3 aromatic rings. The maximum absolute atomic E-state index is 12.5. The zero-order valence-corrected chi connectivity index (χ0v) is 13.7. The number of amides is 1. The largest absolute Gasteiger partial charge is 0.368 e. The molecule has 0 saturated heterocycles. The van der Waals surface area contributed by atoms with Crippen LogP contribution in [0, 0.1) is 0 Å². The summed E-state index contributed by atoms with van der Waals surface area (Å²) in [6.07, 6.45) is 8.89. The van der Waals surface area contributed by atoms with Crippen molar-refractivity contribution in [3.63, 3.8) is 0 Å². The molecule has 126 valence electrons. The Morgan fingerprint density at radius 3 is 2.24 bits per heavy atom. The Morgan fingerprint density at radius 2 is 1.68 bits per heavy atom. The highest BCUT2D eigenvalue weighted by atomic mass is 16.1. The van der Waals surface area contributed by atoms with Crippen molar-refractivity contribution in [1.82, 2.24) is 20.3 Å². The van der Waals surface area contributed by atoms with E-state index in [-0.39, 0.29) is 0 Å². The molecule has 0 aliphatic rings. The number of nitrogens with one attached hydrogen (secondary N) is 1. The van der Waals surface area contributed by atoms with Gasteiger partial charge in [-0.05, 0) is 35.4 Å². The molecule has 3 rings (SSSR count). The van der Waals surface area contributed by atoms with Gasteiger partial charge in [0.2, 0.25) is 5.91 Å². The number of aromatic nitrogens is 3. The quantitative estimate of drug-likeness (QED) is 0.685. The van der Waals surface area contributed by atoms with Gasteiger partial charge >= 0.3 is 0 Å². The van der Waals surface area contributed by atoms with E-state index in [1.165, 1.54) is 0 Å². The number of carbonyl (C=O) groups is 1. The Kier molecular flexibility index (Phi) is 5.11. The molecule has 25 heavy (non-hydrogen) atoms. The third kappa shape index (κ3) is 3.87. The number of hydrogen-bond acceptors (Lipinski definition) is 5. The predicted octanol–water partition coefficient (Wildman–Crippen LogP) is 1.58. The molecule has 0 aliphatic heterocycles. The first-order chi connectivity index (χ1) is 12.2. The van der Waals surface area contributed by atoms with E-state index in [0.29, 0.717) is 18.7 Å². The van der Waals surface area contributed by atoms with Gasteiger partial charge in [-0.3, -0.25) is 25.1 Å². The molecule has 1 unspecified atom stereocenters. The van der Waals surface area contributed by atoms with Crippen LogP contribution in [0.4, 0.5) is 0 Å². The van der Waals surface area contributed by atoms with Crippen molar-refractivity contribution in [3.8, 4) is 0 Å². The highest BCUT2D eigenvalue weighted by molar-refractivity contribution is 5.86. The lowest BCUT2D eigenvalue weighted by Crippen LogP contribution is -2.54. The molecule has 3 aromatic heterocycles. The van der Waals surface area contributed by atoms with Crippen LogP contribution in [0.25, 0.3) is 0 Å². The summed E-state index contributed by atoms with van der Waals surface area (Å²) in [6, 6.07) is 13.0. The molecular weight excluding hydrogens is 314 g/mol. The first kappa shape index (κ1) is 16.7. The molecular formula is C19H19N5O. The molecule has 1 amide bonds. The highest BCUT2D eigenvalue weighted by Crippen LogP contribution is 2.25. The van der Waals surface area contributed by atoms with Gasteiger partial charge in [-0.15, -0.1) is 0 Å². The van der Waals surface area contributed by atoms with Gasteiger partial charge < -0.3 is 5.73 Å². The van der Waals surface area contributed by atoms with Crippen LogP contribution in [-0.4, -0.2) is 20.9 Å². The fraction of sp³-hybridized carbons (Fsp3) is 0.158. The van der Waals surface area contributed by atoms with Crippen molar-refractivity contribution >= 4 is 5.91 Å². The van der Waals surface area contributed by atoms with E-state index in [4.69, 9.17) is 5.73 Å². The van der Waals surface area contributed by atoms with Gasteiger partial charge in [0, 0.05) is 43.9 Å². The van der Waals surface area contributed by atoms with Crippen LogP contribution in [0.1, 0.15) is 16.8 Å². The maximum atomic E-state index is 12.5. The molecule has 1 atom stereocenters. The molecule has 0 saturated carbocycles. The second-order valence-corrected chi connectivity index (χ2v) is 5.74. The summed E-state index contributed by atoms with van der Waals surface area (Å²) in [4.78, 5) is 25.1. The van der Waals surface area contributed by atoms with Crippen LogP contribution in [0.2, 0.25) is 0 Å². The van der Waals surface area contributed by atoms with Gasteiger partial charge in [0.1, 0.15) is 5.54 Å². The van der Waals surface area contributed by atoms with Gasteiger partial charge in [-0.1, -0.05) is 18.2 Å². The van der Waals surface area contributed by atoms with Crippen LogP contribution in [0.15, 0.2) is 73.4 Å². The zero-order valence-electron chi connectivity index (χ0n) is 13.7. The van der Waals surface area contributed by atoms with E-state index < -0.39 is 11.4 Å². The highest BCUT2D eigenvalue weighted by Gasteiger charge is 2.39. The van der Waals surface area contributed by atoms with Crippen molar-refractivity contribution in [2.75, 3.05) is 0 Å². The lowest BCUT2D eigenvalue weighted by atomic mass is 9.86.